The zero-order valence-corrected chi connectivity index (χ0v) is 12.6. The minimum Gasteiger partial charge on any atom is -0.341 e. The van der Waals surface area contributed by atoms with Crippen molar-refractivity contribution in [3.63, 3.8) is 0 Å². The Balaban J connectivity index is 2.44. The van der Waals surface area contributed by atoms with Crippen molar-refractivity contribution >= 4 is 27.2 Å². The number of Topliss-reactive ketones (excluding diaryl/α,β-unsaturated/α-hetero) is 1. The molecule has 0 radical (unpaired) electrons. The molecule has 0 N–H and O–H groups in total. The average Bonchev–Trinajstić information content (AvgIpc) is 2.78. The van der Waals surface area contributed by atoms with Crippen LogP contribution < -0.4 is 0 Å². The van der Waals surface area contributed by atoms with Gasteiger partial charge in [-0.15, -0.1) is 11.6 Å². The molecule has 0 aromatic carbocycles. The number of carbonyl (C=O) groups excluding carboxylic acids is 1. The average molecular weight is 302 g/mol. The Hall–Kier alpha value is -1.07. The van der Waals surface area contributed by atoms with E-state index >= 15 is 0 Å². The topological polar surface area (TPSA) is 56.1 Å². The Morgan fingerprint density at radius 1 is 1.47 bits per heavy atom. The van der Waals surface area contributed by atoms with E-state index in [1.54, 1.807) is 19.1 Å². The van der Waals surface area contributed by atoms with Crippen LogP contribution in [0, 0.1) is 13.8 Å². The van der Waals surface area contributed by atoms with Gasteiger partial charge in [0, 0.05) is 22.4 Å². The molecule has 1 aliphatic rings. The zero-order valence-electron chi connectivity index (χ0n) is 11.1. The highest BCUT2D eigenvalue weighted by molar-refractivity contribution is 7.94. The van der Waals surface area contributed by atoms with E-state index in [0.29, 0.717) is 5.56 Å². The highest BCUT2D eigenvalue weighted by Crippen LogP contribution is 2.27. The summed E-state index contributed by atoms with van der Waals surface area (Å²) in [6.45, 7) is 5.32. The van der Waals surface area contributed by atoms with Gasteiger partial charge in [-0.05, 0) is 32.9 Å². The molecule has 19 heavy (non-hydrogen) atoms. The van der Waals surface area contributed by atoms with E-state index in [-0.39, 0.29) is 17.6 Å². The quantitative estimate of drug-likeness (QED) is 0.636. The lowest BCUT2D eigenvalue weighted by molar-refractivity contribution is 0.0991. The fraction of sp³-hybridized carbons (Fsp3) is 0.462. The van der Waals surface area contributed by atoms with Crippen LogP contribution in [0.3, 0.4) is 0 Å². The van der Waals surface area contributed by atoms with Gasteiger partial charge in [-0.25, -0.2) is 8.42 Å². The maximum atomic E-state index is 12.0. The molecule has 0 saturated heterocycles. The number of hydrogen-bond acceptors (Lipinski definition) is 3. The van der Waals surface area contributed by atoms with E-state index in [4.69, 9.17) is 11.6 Å². The normalized spacial score (nSPS) is 22.6. The first-order chi connectivity index (χ1) is 8.73. The molecular weight excluding hydrogens is 286 g/mol. The van der Waals surface area contributed by atoms with Crippen molar-refractivity contribution in [2.45, 2.75) is 32.2 Å². The molecule has 104 valence electrons. The lowest BCUT2D eigenvalue weighted by Crippen LogP contribution is -2.16. The molecular formula is C13H16ClNO3S. The molecule has 6 heteroatoms. The maximum absolute atomic E-state index is 12.0. The fourth-order valence-electron chi connectivity index (χ4n) is 2.47. The minimum absolute atomic E-state index is 0.0490. The number of halogens is 1. The number of aryl methyl sites for hydroxylation is 1. The van der Waals surface area contributed by atoms with E-state index in [9.17, 15) is 13.2 Å². The van der Waals surface area contributed by atoms with Crippen LogP contribution in [0.1, 0.15) is 34.7 Å². The minimum atomic E-state index is -3.12. The van der Waals surface area contributed by atoms with Gasteiger partial charge in [-0.1, -0.05) is 0 Å². The van der Waals surface area contributed by atoms with Crippen LogP contribution in [0.4, 0.5) is 0 Å². The first kappa shape index (κ1) is 14.3. The Bertz CT molecular complexity index is 656. The lowest BCUT2D eigenvalue weighted by Gasteiger charge is -2.15. The van der Waals surface area contributed by atoms with Crippen LogP contribution in [0.25, 0.3) is 0 Å². The summed E-state index contributed by atoms with van der Waals surface area (Å²) >= 11 is 5.83. The standard InChI is InChI=1S/C13H16ClNO3S/c1-8-6-12(13(16)9(2)14)10(3)15(8)11-4-5-19(17,18)7-11/h4-6,9,11H,7H2,1-3H3. The van der Waals surface area contributed by atoms with Gasteiger partial charge in [0.25, 0.3) is 0 Å². The van der Waals surface area contributed by atoms with Crippen molar-refractivity contribution in [2.75, 3.05) is 5.75 Å². The van der Waals surface area contributed by atoms with Gasteiger partial charge in [-0.2, -0.15) is 0 Å². The summed E-state index contributed by atoms with van der Waals surface area (Å²) in [6.07, 6.45) is 1.66. The van der Waals surface area contributed by atoms with Crippen molar-refractivity contribution < 1.29 is 13.2 Å². The van der Waals surface area contributed by atoms with Crippen molar-refractivity contribution in [3.8, 4) is 0 Å². The van der Waals surface area contributed by atoms with Crippen LogP contribution in [0.15, 0.2) is 17.6 Å². The smallest absolute Gasteiger partial charge is 0.182 e. The Morgan fingerprint density at radius 3 is 2.58 bits per heavy atom. The first-order valence-corrected chi connectivity index (χ1v) is 8.16. The molecule has 0 saturated carbocycles. The number of alkyl halides is 1. The summed E-state index contributed by atoms with van der Waals surface area (Å²) in [4.78, 5) is 12.0. The van der Waals surface area contributed by atoms with Gasteiger partial charge in [-0.3, -0.25) is 4.79 Å². The van der Waals surface area contributed by atoms with Crippen LogP contribution in [0.5, 0.6) is 0 Å². The van der Waals surface area contributed by atoms with Crippen molar-refractivity contribution in [3.05, 3.63) is 34.5 Å². The largest absolute Gasteiger partial charge is 0.341 e. The van der Waals surface area contributed by atoms with Gasteiger partial charge >= 0.3 is 0 Å². The second-order valence-electron chi connectivity index (χ2n) is 4.86. The molecule has 1 aromatic rings. The SMILES string of the molecule is Cc1cc(C(=O)C(C)Cl)c(C)n1C1C=CS(=O)(=O)C1. The van der Waals surface area contributed by atoms with Crippen LogP contribution in [-0.2, 0) is 9.84 Å². The van der Waals surface area contributed by atoms with E-state index < -0.39 is 15.2 Å². The van der Waals surface area contributed by atoms with Crippen LogP contribution in [-0.4, -0.2) is 29.9 Å². The number of hydrogen-bond donors (Lipinski definition) is 0. The summed E-state index contributed by atoms with van der Waals surface area (Å²) in [5.74, 6) is -0.0844. The second kappa shape index (κ2) is 4.80. The van der Waals surface area contributed by atoms with Crippen molar-refractivity contribution in [1.82, 2.24) is 4.57 Å². The summed E-state index contributed by atoms with van der Waals surface area (Å²) in [5, 5.41) is 0.652. The zero-order chi connectivity index (χ0) is 14.4. The third kappa shape index (κ3) is 2.62. The number of allylic oxidation sites excluding steroid dienone is 1. The molecule has 2 heterocycles. The monoisotopic (exact) mass is 301 g/mol. The number of rotatable bonds is 3. The molecule has 0 spiro atoms. The van der Waals surface area contributed by atoms with E-state index in [1.165, 1.54) is 5.41 Å². The molecule has 0 amide bonds. The number of aromatic nitrogens is 1. The Labute approximate surface area is 118 Å². The fourth-order valence-corrected chi connectivity index (χ4v) is 3.86. The molecule has 0 fully saturated rings. The number of nitrogens with zero attached hydrogens (tertiary/aromatic N) is 1. The number of sulfone groups is 1. The van der Waals surface area contributed by atoms with E-state index in [2.05, 4.69) is 0 Å². The molecule has 2 atom stereocenters. The number of carbonyl (C=O) groups is 1. The molecule has 4 nitrogen and oxygen atoms in total. The van der Waals surface area contributed by atoms with Crippen LogP contribution >= 0.6 is 11.6 Å². The summed E-state index contributed by atoms with van der Waals surface area (Å²) in [6, 6.07) is 1.53. The van der Waals surface area contributed by atoms with Gasteiger partial charge in [0.05, 0.1) is 17.2 Å². The van der Waals surface area contributed by atoms with E-state index in [1.807, 2.05) is 18.4 Å². The summed E-state index contributed by atoms with van der Waals surface area (Å²) in [7, 11) is -3.12. The highest BCUT2D eigenvalue weighted by Gasteiger charge is 2.27. The number of ketones is 1. The van der Waals surface area contributed by atoms with Gasteiger partial charge in [0.1, 0.15) is 0 Å². The van der Waals surface area contributed by atoms with Crippen molar-refractivity contribution in [2.24, 2.45) is 0 Å². The van der Waals surface area contributed by atoms with Crippen molar-refractivity contribution in [1.29, 1.82) is 0 Å². The summed E-state index contributed by atoms with van der Waals surface area (Å²) in [5.41, 5.74) is 2.20. The molecule has 1 aromatic heterocycles. The predicted molar refractivity (Wildman–Crippen MR) is 75.5 cm³/mol. The molecule has 2 unspecified atom stereocenters. The summed E-state index contributed by atoms with van der Waals surface area (Å²) < 4.78 is 24.9. The maximum Gasteiger partial charge on any atom is 0.182 e. The van der Waals surface area contributed by atoms with Crippen LogP contribution in [0.2, 0.25) is 0 Å². The van der Waals surface area contributed by atoms with Gasteiger partial charge in [0.2, 0.25) is 0 Å². The molecule has 1 aliphatic heterocycles. The third-order valence-corrected chi connectivity index (χ3v) is 4.93. The van der Waals surface area contributed by atoms with Gasteiger partial charge < -0.3 is 4.57 Å². The Morgan fingerprint density at radius 2 is 2.11 bits per heavy atom. The first-order valence-electron chi connectivity index (χ1n) is 6.00. The third-order valence-electron chi connectivity index (χ3n) is 3.35. The molecule has 0 bridgehead atoms. The lowest BCUT2D eigenvalue weighted by atomic mass is 10.1. The highest BCUT2D eigenvalue weighted by atomic mass is 35.5. The Kier molecular flexibility index (Phi) is 3.62. The predicted octanol–water partition coefficient (Wildman–Crippen LogP) is 2.40. The van der Waals surface area contributed by atoms with E-state index in [0.717, 1.165) is 11.4 Å². The second-order valence-corrected chi connectivity index (χ2v) is 7.45. The molecule has 2 rings (SSSR count). The molecule has 0 aliphatic carbocycles. The van der Waals surface area contributed by atoms with Gasteiger partial charge in [0.15, 0.2) is 15.6 Å².